The third-order valence-corrected chi connectivity index (χ3v) is 7.89. The van der Waals surface area contributed by atoms with E-state index < -0.39 is 0 Å². The van der Waals surface area contributed by atoms with Crippen molar-refractivity contribution in [3.05, 3.63) is 119 Å². The van der Waals surface area contributed by atoms with Crippen molar-refractivity contribution in [3.63, 3.8) is 0 Å². The van der Waals surface area contributed by atoms with Crippen molar-refractivity contribution in [3.8, 4) is 0 Å². The molecule has 2 heterocycles. The highest BCUT2D eigenvalue weighted by Gasteiger charge is 2.12. The van der Waals surface area contributed by atoms with Crippen molar-refractivity contribution < 1.29 is 18.4 Å². The molecule has 0 amide bonds. The topological polar surface area (TPSA) is 75.7 Å². The van der Waals surface area contributed by atoms with Crippen LogP contribution < -0.4 is 5.32 Å². The molecule has 0 aliphatic carbocycles. The highest BCUT2D eigenvalue weighted by atomic mass is 16.4. The van der Waals surface area contributed by atoms with E-state index in [4.69, 9.17) is 8.83 Å². The minimum atomic E-state index is 0.372. The second-order valence-electron chi connectivity index (χ2n) is 11.4. The maximum absolute atomic E-state index is 11.0. The first-order valence-electron chi connectivity index (χ1n) is 15.8. The summed E-state index contributed by atoms with van der Waals surface area (Å²) in [7, 11) is 0. The Labute approximate surface area is 256 Å². The normalized spacial score (nSPS) is 12.0. The first kappa shape index (κ1) is 32.2. The number of furan rings is 2. The molecule has 0 bridgehead atoms. The summed E-state index contributed by atoms with van der Waals surface area (Å²) in [6, 6.07) is 28.8. The van der Waals surface area contributed by atoms with E-state index in [0.29, 0.717) is 30.7 Å². The maximum Gasteiger partial charge on any atom is 0.185 e. The van der Waals surface area contributed by atoms with E-state index in [1.807, 2.05) is 18.2 Å². The lowest BCUT2D eigenvalue weighted by Gasteiger charge is -2.21. The molecule has 4 aromatic rings. The molecule has 0 saturated carbocycles. The molecule has 6 nitrogen and oxygen atoms in total. The Kier molecular flexibility index (Phi) is 14.0. The number of carbonyl (C=O) groups excluding carboxylic acids is 2. The largest absolute Gasteiger partial charge is 0.457 e. The number of unbranched alkanes of at least 4 members (excludes halogenated alkanes) is 7. The summed E-state index contributed by atoms with van der Waals surface area (Å²) in [6.45, 7) is 3.23. The fourth-order valence-corrected chi connectivity index (χ4v) is 5.58. The summed E-state index contributed by atoms with van der Waals surface area (Å²) in [5.74, 6) is 2.41. The van der Waals surface area contributed by atoms with Crippen LogP contribution in [0.2, 0.25) is 0 Å². The van der Waals surface area contributed by atoms with Crippen LogP contribution in [0.5, 0.6) is 0 Å². The second-order valence-corrected chi connectivity index (χ2v) is 11.4. The summed E-state index contributed by atoms with van der Waals surface area (Å²) in [6.07, 6.45) is 13.6. The summed E-state index contributed by atoms with van der Waals surface area (Å²) in [5.41, 5.74) is 2.63. The molecule has 1 N–H and O–H groups in total. The van der Waals surface area contributed by atoms with Crippen LogP contribution in [-0.4, -0.2) is 30.1 Å². The van der Waals surface area contributed by atoms with Crippen LogP contribution >= 0.6 is 0 Å². The average molecular weight is 583 g/mol. The van der Waals surface area contributed by atoms with Crippen LogP contribution in [0.3, 0.4) is 0 Å². The SMILES string of the molecule is O=Cc1ccc(CNC(CCCCCCCCCCN(Cc2ccccc2)Cc2ccc(C=O)o2)Cc2ccccc2)o1. The zero-order valence-electron chi connectivity index (χ0n) is 25.3. The quantitative estimate of drug-likeness (QED) is 0.0741. The molecule has 1 atom stereocenters. The van der Waals surface area contributed by atoms with Gasteiger partial charge < -0.3 is 14.2 Å². The number of nitrogens with one attached hydrogen (secondary N) is 1. The van der Waals surface area contributed by atoms with Crippen molar-refractivity contribution in [1.82, 2.24) is 10.2 Å². The van der Waals surface area contributed by atoms with Gasteiger partial charge in [0.25, 0.3) is 0 Å². The highest BCUT2D eigenvalue weighted by molar-refractivity contribution is 5.70. The number of hydrogen-bond acceptors (Lipinski definition) is 6. The molecule has 2 aromatic heterocycles. The minimum absolute atomic E-state index is 0.372. The van der Waals surface area contributed by atoms with Crippen LogP contribution in [0, 0.1) is 0 Å². The van der Waals surface area contributed by atoms with Gasteiger partial charge in [0, 0.05) is 12.6 Å². The van der Waals surface area contributed by atoms with E-state index in [9.17, 15) is 9.59 Å². The lowest BCUT2D eigenvalue weighted by molar-refractivity contribution is 0.109. The van der Waals surface area contributed by atoms with Crippen LogP contribution in [0.15, 0.2) is 93.8 Å². The maximum atomic E-state index is 11.0. The Morgan fingerprint density at radius 3 is 1.79 bits per heavy atom. The number of carbonyl (C=O) groups is 2. The van der Waals surface area contributed by atoms with E-state index >= 15 is 0 Å². The Hall–Kier alpha value is -3.74. The van der Waals surface area contributed by atoms with Crippen molar-refractivity contribution >= 4 is 12.6 Å². The summed E-state index contributed by atoms with van der Waals surface area (Å²) >= 11 is 0. The highest BCUT2D eigenvalue weighted by Crippen LogP contribution is 2.17. The van der Waals surface area contributed by atoms with E-state index in [0.717, 1.165) is 56.4 Å². The van der Waals surface area contributed by atoms with Crippen LogP contribution in [0.1, 0.15) is 102 Å². The number of hydrogen-bond donors (Lipinski definition) is 1. The van der Waals surface area contributed by atoms with E-state index in [1.54, 1.807) is 12.1 Å². The molecule has 0 spiro atoms. The Morgan fingerprint density at radius 1 is 0.605 bits per heavy atom. The number of nitrogens with zero attached hydrogens (tertiary/aromatic N) is 1. The molecule has 0 fully saturated rings. The summed E-state index contributed by atoms with van der Waals surface area (Å²) < 4.78 is 11.2. The average Bonchev–Trinajstić information content (AvgIpc) is 3.71. The predicted octanol–water partition coefficient (Wildman–Crippen LogP) is 8.41. The third kappa shape index (κ3) is 12.2. The fourth-order valence-electron chi connectivity index (χ4n) is 5.58. The molecule has 2 aromatic carbocycles. The predicted molar refractivity (Wildman–Crippen MR) is 171 cm³/mol. The van der Waals surface area contributed by atoms with Gasteiger partial charge in [0.1, 0.15) is 11.5 Å². The minimum Gasteiger partial charge on any atom is -0.457 e. The van der Waals surface area contributed by atoms with Gasteiger partial charge in [-0.15, -0.1) is 0 Å². The van der Waals surface area contributed by atoms with Gasteiger partial charge in [0.05, 0.1) is 13.1 Å². The van der Waals surface area contributed by atoms with Gasteiger partial charge in [-0.2, -0.15) is 0 Å². The van der Waals surface area contributed by atoms with E-state index in [2.05, 4.69) is 64.8 Å². The van der Waals surface area contributed by atoms with Crippen molar-refractivity contribution in [2.24, 2.45) is 0 Å². The molecular formula is C37H46N2O4. The lowest BCUT2D eigenvalue weighted by Crippen LogP contribution is -2.30. The molecule has 43 heavy (non-hydrogen) atoms. The lowest BCUT2D eigenvalue weighted by atomic mass is 9.99. The molecule has 6 heteroatoms. The first-order chi connectivity index (χ1) is 21.2. The molecule has 0 saturated heterocycles. The molecule has 0 aliphatic rings. The van der Waals surface area contributed by atoms with Gasteiger partial charge in [0.15, 0.2) is 24.1 Å². The Bertz CT molecular complexity index is 1310. The van der Waals surface area contributed by atoms with Crippen LogP contribution in [-0.2, 0) is 26.1 Å². The monoisotopic (exact) mass is 582 g/mol. The van der Waals surface area contributed by atoms with Crippen LogP contribution in [0.25, 0.3) is 0 Å². The van der Waals surface area contributed by atoms with Crippen molar-refractivity contribution in [2.45, 2.75) is 89.9 Å². The van der Waals surface area contributed by atoms with Gasteiger partial charge in [-0.1, -0.05) is 106 Å². The molecule has 0 aliphatic heterocycles. The third-order valence-electron chi connectivity index (χ3n) is 7.89. The Morgan fingerprint density at radius 2 is 1.16 bits per heavy atom. The van der Waals surface area contributed by atoms with Gasteiger partial charge >= 0.3 is 0 Å². The molecule has 228 valence electrons. The zero-order valence-corrected chi connectivity index (χ0v) is 25.3. The van der Waals surface area contributed by atoms with Crippen molar-refractivity contribution in [2.75, 3.05) is 6.54 Å². The second kappa shape index (κ2) is 18.7. The summed E-state index contributed by atoms with van der Waals surface area (Å²) in [5, 5.41) is 3.66. The molecule has 0 radical (unpaired) electrons. The van der Waals surface area contributed by atoms with Gasteiger partial charge in [-0.3, -0.25) is 14.5 Å². The number of rotatable bonds is 22. The van der Waals surface area contributed by atoms with Crippen molar-refractivity contribution in [1.29, 1.82) is 0 Å². The molecule has 1 unspecified atom stereocenters. The Balaban J connectivity index is 1.10. The zero-order chi connectivity index (χ0) is 30.0. The van der Waals surface area contributed by atoms with Gasteiger partial charge in [-0.05, 0) is 61.2 Å². The van der Waals surface area contributed by atoms with Crippen LogP contribution in [0.4, 0.5) is 0 Å². The molecule has 4 rings (SSSR count). The fraction of sp³-hybridized carbons (Fsp3) is 0.405. The standard InChI is InChI=1S/C37H46N2O4/c40-29-36-22-20-34(42-36)26-38-33(25-31-15-9-7-10-16-31)19-13-5-3-1-2-4-6-14-24-39(27-32-17-11-8-12-18-32)28-35-21-23-37(30-41)43-35/h7-12,15-18,20-23,29-30,33,38H,1-6,13-14,19,24-28H2. The van der Waals surface area contributed by atoms with E-state index in [1.165, 1.54) is 56.1 Å². The smallest absolute Gasteiger partial charge is 0.185 e. The van der Waals surface area contributed by atoms with E-state index in [-0.39, 0.29) is 0 Å². The van der Waals surface area contributed by atoms with Gasteiger partial charge in [-0.25, -0.2) is 0 Å². The molecular weight excluding hydrogens is 536 g/mol. The summed E-state index contributed by atoms with van der Waals surface area (Å²) in [4.78, 5) is 24.4. The van der Waals surface area contributed by atoms with Gasteiger partial charge in [0.2, 0.25) is 0 Å². The number of aldehydes is 2. The number of benzene rings is 2. The first-order valence-corrected chi connectivity index (χ1v) is 15.8.